The number of halogens is 2. The van der Waals surface area contributed by atoms with E-state index in [0.717, 1.165) is 10.9 Å². The third-order valence-electron chi connectivity index (χ3n) is 2.25. The molecule has 0 bridgehead atoms. The average Bonchev–Trinajstić information content (AvgIpc) is 2.03. The van der Waals surface area contributed by atoms with E-state index in [1.165, 1.54) is 11.6 Å². The van der Waals surface area contributed by atoms with Crippen molar-refractivity contribution in [2.75, 3.05) is 5.33 Å². The van der Waals surface area contributed by atoms with Crippen LogP contribution >= 0.6 is 15.9 Å². The molecule has 0 atom stereocenters. The SMILES string of the molecule is Cc1cc(F)ccc1C(C)(C)CBr. The number of rotatable bonds is 2. The minimum Gasteiger partial charge on any atom is -0.207 e. The van der Waals surface area contributed by atoms with Crippen molar-refractivity contribution >= 4 is 15.9 Å². The molecule has 0 fully saturated rings. The number of hydrogen-bond donors (Lipinski definition) is 0. The van der Waals surface area contributed by atoms with Gasteiger partial charge in [0, 0.05) is 5.33 Å². The van der Waals surface area contributed by atoms with Crippen LogP contribution in [0.15, 0.2) is 18.2 Å². The molecule has 2 heteroatoms. The van der Waals surface area contributed by atoms with Crippen molar-refractivity contribution < 1.29 is 4.39 Å². The Morgan fingerprint density at radius 3 is 2.46 bits per heavy atom. The lowest BCUT2D eigenvalue weighted by molar-refractivity contribution is 0.590. The number of aryl methyl sites for hydroxylation is 1. The lowest BCUT2D eigenvalue weighted by Crippen LogP contribution is -2.20. The van der Waals surface area contributed by atoms with Crippen LogP contribution in [0, 0.1) is 12.7 Å². The van der Waals surface area contributed by atoms with E-state index in [4.69, 9.17) is 0 Å². The lowest BCUT2D eigenvalue weighted by atomic mass is 9.84. The second-order valence-electron chi connectivity index (χ2n) is 3.98. The first-order valence-electron chi connectivity index (χ1n) is 4.30. The van der Waals surface area contributed by atoms with Gasteiger partial charge in [-0.25, -0.2) is 4.39 Å². The van der Waals surface area contributed by atoms with E-state index in [0.29, 0.717) is 0 Å². The molecule has 0 aromatic heterocycles. The summed E-state index contributed by atoms with van der Waals surface area (Å²) in [6.07, 6.45) is 0. The van der Waals surface area contributed by atoms with Gasteiger partial charge in [-0.1, -0.05) is 35.8 Å². The van der Waals surface area contributed by atoms with Crippen molar-refractivity contribution in [3.8, 4) is 0 Å². The minimum atomic E-state index is -0.161. The van der Waals surface area contributed by atoms with Crippen LogP contribution in [0.5, 0.6) is 0 Å². The molecule has 0 aliphatic carbocycles. The van der Waals surface area contributed by atoms with Crippen LogP contribution in [0.3, 0.4) is 0 Å². The Kier molecular flexibility index (Phi) is 3.12. The number of hydrogen-bond acceptors (Lipinski definition) is 0. The van der Waals surface area contributed by atoms with Gasteiger partial charge in [-0.05, 0) is 35.6 Å². The number of alkyl halides is 1. The van der Waals surface area contributed by atoms with Gasteiger partial charge in [-0.15, -0.1) is 0 Å². The van der Waals surface area contributed by atoms with E-state index in [1.54, 1.807) is 6.07 Å². The van der Waals surface area contributed by atoms with E-state index in [-0.39, 0.29) is 11.2 Å². The van der Waals surface area contributed by atoms with Crippen LogP contribution < -0.4 is 0 Å². The molecule has 0 aliphatic heterocycles. The lowest BCUT2D eigenvalue weighted by Gasteiger charge is -2.24. The van der Waals surface area contributed by atoms with Crippen LogP contribution in [0.25, 0.3) is 0 Å². The van der Waals surface area contributed by atoms with E-state index in [1.807, 2.05) is 13.0 Å². The molecular weight excluding hydrogens is 231 g/mol. The fourth-order valence-corrected chi connectivity index (χ4v) is 1.76. The van der Waals surface area contributed by atoms with E-state index < -0.39 is 0 Å². The Hall–Kier alpha value is -0.370. The van der Waals surface area contributed by atoms with E-state index in [9.17, 15) is 4.39 Å². The van der Waals surface area contributed by atoms with Crippen LogP contribution in [0.1, 0.15) is 25.0 Å². The second-order valence-corrected chi connectivity index (χ2v) is 4.54. The first-order valence-corrected chi connectivity index (χ1v) is 5.42. The van der Waals surface area contributed by atoms with Crippen LogP contribution in [-0.2, 0) is 5.41 Å². The molecule has 13 heavy (non-hydrogen) atoms. The van der Waals surface area contributed by atoms with Crippen LogP contribution in [-0.4, -0.2) is 5.33 Å². The highest BCUT2D eigenvalue weighted by Gasteiger charge is 2.20. The van der Waals surface area contributed by atoms with Gasteiger partial charge >= 0.3 is 0 Å². The Morgan fingerprint density at radius 1 is 1.38 bits per heavy atom. The highest BCUT2D eigenvalue weighted by atomic mass is 79.9. The van der Waals surface area contributed by atoms with Gasteiger partial charge in [0.25, 0.3) is 0 Å². The predicted octanol–water partition coefficient (Wildman–Crippen LogP) is 3.81. The highest BCUT2D eigenvalue weighted by molar-refractivity contribution is 9.09. The zero-order chi connectivity index (χ0) is 10.1. The molecule has 0 N–H and O–H groups in total. The van der Waals surface area contributed by atoms with Gasteiger partial charge in [0.05, 0.1) is 0 Å². The van der Waals surface area contributed by atoms with E-state index in [2.05, 4.69) is 29.8 Å². The molecule has 0 saturated heterocycles. The summed E-state index contributed by atoms with van der Waals surface area (Å²) in [6, 6.07) is 4.97. The summed E-state index contributed by atoms with van der Waals surface area (Å²) >= 11 is 3.47. The van der Waals surface area contributed by atoms with E-state index >= 15 is 0 Å². The van der Waals surface area contributed by atoms with Crippen molar-refractivity contribution in [2.24, 2.45) is 0 Å². The molecule has 0 radical (unpaired) electrons. The van der Waals surface area contributed by atoms with Crippen molar-refractivity contribution in [3.63, 3.8) is 0 Å². The summed E-state index contributed by atoms with van der Waals surface area (Å²) in [5.41, 5.74) is 2.29. The van der Waals surface area contributed by atoms with Gasteiger partial charge in [0.15, 0.2) is 0 Å². The molecule has 0 nitrogen and oxygen atoms in total. The Balaban J connectivity index is 3.16. The normalized spacial score (nSPS) is 11.8. The Morgan fingerprint density at radius 2 is 2.00 bits per heavy atom. The summed E-state index contributed by atoms with van der Waals surface area (Å²) in [7, 11) is 0. The van der Waals surface area contributed by atoms with Crippen LogP contribution in [0.4, 0.5) is 4.39 Å². The predicted molar refractivity (Wildman–Crippen MR) is 58.0 cm³/mol. The van der Waals surface area contributed by atoms with Crippen molar-refractivity contribution in [1.82, 2.24) is 0 Å². The molecule has 0 heterocycles. The molecule has 72 valence electrons. The molecule has 0 spiro atoms. The molecule has 1 rings (SSSR count). The topological polar surface area (TPSA) is 0 Å². The van der Waals surface area contributed by atoms with Crippen molar-refractivity contribution in [3.05, 3.63) is 35.1 Å². The zero-order valence-corrected chi connectivity index (χ0v) is 9.78. The molecule has 0 saturated carbocycles. The smallest absolute Gasteiger partial charge is 0.123 e. The maximum atomic E-state index is 12.8. The molecular formula is C11H14BrF. The first-order chi connectivity index (χ1) is 5.97. The largest absolute Gasteiger partial charge is 0.207 e. The quantitative estimate of drug-likeness (QED) is 0.695. The maximum absolute atomic E-state index is 12.8. The third kappa shape index (κ3) is 2.31. The standard InChI is InChI=1S/C11H14BrF/c1-8-6-9(13)4-5-10(8)11(2,3)7-12/h4-6H,7H2,1-3H3. The molecule has 0 aliphatic rings. The van der Waals surface area contributed by atoms with Crippen molar-refractivity contribution in [2.45, 2.75) is 26.2 Å². The second kappa shape index (κ2) is 3.79. The van der Waals surface area contributed by atoms with Gasteiger partial charge in [-0.2, -0.15) is 0 Å². The van der Waals surface area contributed by atoms with Gasteiger partial charge in [0.2, 0.25) is 0 Å². The third-order valence-corrected chi connectivity index (χ3v) is 3.65. The Labute approximate surface area is 87.3 Å². The number of benzene rings is 1. The first kappa shape index (κ1) is 10.7. The molecule has 0 amide bonds. The molecule has 1 aromatic rings. The minimum absolute atomic E-state index is 0.0672. The maximum Gasteiger partial charge on any atom is 0.123 e. The summed E-state index contributed by atoms with van der Waals surface area (Å²) < 4.78 is 12.8. The van der Waals surface area contributed by atoms with Gasteiger partial charge in [-0.3, -0.25) is 0 Å². The van der Waals surface area contributed by atoms with Crippen LogP contribution in [0.2, 0.25) is 0 Å². The molecule has 0 unspecified atom stereocenters. The summed E-state index contributed by atoms with van der Waals surface area (Å²) in [4.78, 5) is 0. The zero-order valence-electron chi connectivity index (χ0n) is 8.20. The monoisotopic (exact) mass is 244 g/mol. The average molecular weight is 245 g/mol. The summed E-state index contributed by atoms with van der Waals surface area (Å²) in [5, 5.41) is 0.881. The summed E-state index contributed by atoms with van der Waals surface area (Å²) in [6.45, 7) is 6.23. The fourth-order valence-electron chi connectivity index (χ4n) is 1.46. The molecule has 1 aromatic carbocycles. The highest BCUT2D eigenvalue weighted by Crippen LogP contribution is 2.28. The van der Waals surface area contributed by atoms with Gasteiger partial charge in [0.1, 0.15) is 5.82 Å². The Bertz CT molecular complexity index is 305. The fraction of sp³-hybridized carbons (Fsp3) is 0.455. The van der Waals surface area contributed by atoms with Gasteiger partial charge < -0.3 is 0 Å². The summed E-state index contributed by atoms with van der Waals surface area (Å²) in [5.74, 6) is -0.161. The van der Waals surface area contributed by atoms with Crippen molar-refractivity contribution in [1.29, 1.82) is 0 Å².